The highest BCUT2D eigenvalue weighted by molar-refractivity contribution is 9.10. The molecule has 0 atom stereocenters. The van der Waals surface area contributed by atoms with Gasteiger partial charge in [0.1, 0.15) is 11.5 Å². The summed E-state index contributed by atoms with van der Waals surface area (Å²) in [6.07, 6.45) is 7.75. The zero-order valence-electron chi connectivity index (χ0n) is 25.1. The van der Waals surface area contributed by atoms with Crippen molar-refractivity contribution in [2.45, 2.75) is 25.8 Å². The first-order valence-electron chi connectivity index (χ1n) is 15.0. The molecule has 0 spiro atoms. The number of rotatable bonds is 10. The standard InChI is InChI=1S/C32H31BrFN9O4/c33-25-17-24(6-7-26(25)34)38-30(39-46)28-29(41-47-40-28)36-12-9-20-10-14-42(15-11-20)32(45)22-3-1-21(2-4-22)18-37-31(44)23-5-8-27-35-13-16-43(27)19-23/h1-8,13,16-17,19-20,46H,9-12,14-15,18H2,(H,36,41)(H,37,44)(H,38,39). The van der Waals surface area contributed by atoms with Gasteiger partial charge in [-0.1, -0.05) is 12.1 Å². The number of carbonyl (C=O) groups is 2. The number of likely N-dealkylation sites (tertiary alicyclic amines) is 1. The second-order valence-electron chi connectivity index (χ2n) is 11.1. The third kappa shape index (κ3) is 7.64. The van der Waals surface area contributed by atoms with Crippen LogP contribution >= 0.6 is 15.9 Å². The molecule has 15 heteroatoms. The van der Waals surface area contributed by atoms with Gasteiger partial charge >= 0.3 is 0 Å². The van der Waals surface area contributed by atoms with Gasteiger partial charge in [0.2, 0.25) is 5.82 Å². The number of hydrogen-bond acceptors (Lipinski definition) is 9. The summed E-state index contributed by atoms with van der Waals surface area (Å²) in [6.45, 7) is 2.21. The highest BCUT2D eigenvalue weighted by Gasteiger charge is 2.24. The Morgan fingerprint density at radius 2 is 1.85 bits per heavy atom. The number of aliphatic imine (C=N–C) groups is 1. The molecule has 4 N–H and O–H groups in total. The Bertz CT molecular complexity index is 1900. The minimum atomic E-state index is -0.433. The number of hydroxylamine groups is 1. The molecule has 1 aliphatic heterocycles. The molecule has 2 aromatic carbocycles. The van der Waals surface area contributed by atoms with E-state index in [1.165, 1.54) is 18.2 Å². The number of anilines is 1. The van der Waals surface area contributed by atoms with Crippen LogP contribution in [-0.4, -0.2) is 67.1 Å². The summed E-state index contributed by atoms with van der Waals surface area (Å²) in [5.41, 5.74) is 5.37. The first kappa shape index (κ1) is 31.8. The van der Waals surface area contributed by atoms with Gasteiger partial charge in [-0.15, -0.1) is 0 Å². The van der Waals surface area contributed by atoms with E-state index in [-0.39, 0.29) is 27.8 Å². The summed E-state index contributed by atoms with van der Waals surface area (Å²) in [4.78, 5) is 36.1. The molecule has 4 heterocycles. The molecule has 47 heavy (non-hydrogen) atoms. The summed E-state index contributed by atoms with van der Waals surface area (Å²) in [7, 11) is 0. The molecule has 1 fully saturated rings. The van der Waals surface area contributed by atoms with Crippen LogP contribution in [0.5, 0.6) is 0 Å². The Morgan fingerprint density at radius 1 is 1.06 bits per heavy atom. The van der Waals surface area contributed by atoms with Crippen LogP contribution < -0.4 is 16.1 Å². The third-order valence-electron chi connectivity index (χ3n) is 8.01. The van der Waals surface area contributed by atoms with Gasteiger partial charge in [-0.3, -0.25) is 20.3 Å². The minimum absolute atomic E-state index is 0.0133. The van der Waals surface area contributed by atoms with Crippen molar-refractivity contribution in [1.29, 1.82) is 0 Å². The smallest absolute Gasteiger partial charge is 0.253 e. The predicted octanol–water partition coefficient (Wildman–Crippen LogP) is 4.96. The summed E-state index contributed by atoms with van der Waals surface area (Å²) in [5, 5.41) is 23.5. The third-order valence-corrected chi connectivity index (χ3v) is 8.62. The Kier molecular flexibility index (Phi) is 9.83. The lowest BCUT2D eigenvalue weighted by Gasteiger charge is -2.32. The molecular weight excluding hydrogens is 673 g/mol. The van der Waals surface area contributed by atoms with Crippen LogP contribution in [0.25, 0.3) is 5.65 Å². The fraction of sp³-hybridized carbons (Fsp3) is 0.250. The van der Waals surface area contributed by atoms with Crippen molar-refractivity contribution < 1.29 is 23.8 Å². The lowest BCUT2D eigenvalue weighted by atomic mass is 9.93. The molecule has 0 saturated carbocycles. The number of imidazole rings is 1. The van der Waals surface area contributed by atoms with Crippen LogP contribution in [0, 0.1) is 11.7 Å². The Balaban J connectivity index is 0.948. The van der Waals surface area contributed by atoms with E-state index in [0.29, 0.717) is 54.7 Å². The molecule has 3 aromatic heterocycles. The summed E-state index contributed by atoms with van der Waals surface area (Å²) < 4.78 is 20.5. The zero-order chi connectivity index (χ0) is 32.8. The second-order valence-corrected chi connectivity index (χ2v) is 11.9. The Labute approximate surface area is 276 Å². The number of piperidine rings is 1. The average molecular weight is 705 g/mol. The molecule has 1 aliphatic rings. The number of hydrogen-bond donors (Lipinski definition) is 4. The predicted molar refractivity (Wildman–Crippen MR) is 174 cm³/mol. The van der Waals surface area contributed by atoms with Gasteiger partial charge < -0.3 is 19.9 Å². The Hall–Kier alpha value is -5.15. The van der Waals surface area contributed by atoms with Crippen molar-refractivity contribution in [2.24, 2.45) is 10.9 Å². The molecule has 242 valence electrons. The van der Waals surface area contributed by atoms with Gasteiger partial charge in [0, 0.05) is 50.3 Å². The SMILES string of the molecule is O=C(NCc1ccc(C(=O)N2CCC(CCNc3nonc3C(=Nc3ccc(F)c(Br)c3)NO)CC2)cc1)c1ccc2nccn2c1. The van der Waals surface area contributed by atoms with E-state index in [1.54, 1.807) is 47.3 Å². The maximum Gasteiger partial charge on any atom is 0.253 e. The number of aromatic nitrogens is 4. The van der Waals surface area contributed by atoms with E-state index < -0.39 is 5.82 Å². The molecular formula is C32H31BrFN9O4. The van der Waals surface area contributed by atoms with Crippen molar-refractivity contribution >= 4 is 50.7 Å². The quantitative estimate of drug-likeness (QED) is 0.0895. The number of nitrogens with zero attached hydrogens (tertiary/aromatic N) is 6. The first-order valence-corrected chi connectivity index (χ1v) is 15.8. The number of benzene rings is 2. The number of halogens is 2. The number of fused-ring (bicyclic) bond motifs is 1. The maximum absolute atomic E-state index is 13.6. The van der Waals surface area contributed by atoms with E-state index in [0.717, 1.165) is 30.5 Å². The molecule has 0 radical (unpaired) electrons. The number of pyridine rings is 1. The maximum atomic E-state index is 13.6. The fourth-order valence-corrected chi connectivity index (χ4v) is 5.75. The summed E-state index contributed by atoms with van der Waals surface area (Å²) in [5.74, 6) is 0.0566. The molecule has 13 nitrogen and oxygen atoms in total. The van der Waals surface area contributed by atoms with E-state index in [4.69, 9.17) is 4.63 Å². The van der Waals surface area contributed by atoms with Crippen molar-refractivity contribution in [1.82, 2.24) is 35.4 Å². The molecule has 5 aromatic rings. The van der Waals surface area contributed by atoms with Crippen LogP contribution in [0.2, 0.25) is 0 Å². The highest BCUT2D eigenvalue weighted by atomic mass is 79.9. The van der Waals surface area contributed by atoms with E-state index in [2.05, 4.69) is 46.9 Å². The van der Waals surface area contributed by atoms with E-state index in [1.807, 2.05) is 22.5 Å². The first-order chi connectivity index (χ1) is 22.9. The zero-order valence-corrected chi connectivity index (χ0v) is 26.7. The molecule has 6 rings (SSSR count). The van der Waals surface area contributed by atoms with Crippen molar-refractivity contribution in [3.05, 3.63) is 106 Å². The van der Waals surface area contributed by atoms with Crippen molar-refractivity contribution in [3.63, 3.8) is 0 Å². The average Bonchev–Trinajstić information content (AvgIpc) is 3.77. The lowest BCUT2D eigenvalue weighted by Crippen LogP contribution is -2.38. The van der Waals surface area contributed by atoms with Crippen LogP contribution in [0.15, 0.2) is 87.3 Å². The fourth-order valence-electron chi connectivity index (χ4n) is 5.38. The molecule has 0 bridgehead atoms. The number of carbonyl (C=O) groups excluding carboxylic acids is 2. The van der Waals surface area contributed by atoms with Gasteiger partial charge in [-0.25, -0.2) is 19.0 Å². The molecule has 0 aliphatic carbocycles. The van der Waals surface area contributed by atoms with Gasteiger partial charge in [-0.05, 0) is 99.5 Å². The van der Waals surface area contributed by atoms with Crippen LogP contribution in [0.4, 0.5) is 15.9 Å². The van der Waals surface area contributed by atoms with Crippen LogP contribution in [-0.2, 0) is 6.54 Å². The second kappa shape index (κ2) is 14.5. The molecule has 0 unspecified atom stereocenters. The number of amides is 2. The lowest BCUT2D eigenvalue weighted by molar-refractivity contribution is 0.0688. The van der Waals surface area contributed by atoms with Crippen molar-refractivity contribution in [2.75, 3.05) is 25.0 Å². The molecule has 1 saturated heterocycles. The van der Waals surface area contributed by atoms with Gasteiger partial charge in [0.25, 0.3) is 11.8 Å². The largest absolute Gasteiger partial charge is 0.365 e. The normalized spacial score (nSPS) is 13.9. The highest BCUT2D eigenvalue weighted by Crippen LogP contribution is 2.25. The number of amidine groups is 1. The Morgan fingerprint density at radius 3 is 2.62 bits per heavy atom. The topological polar surface area (TPSA) is 162 Å². The van der Waals surface area contributed by atoms with Gasteiger partial charge in [0.05, 0.1) is 15.7 Å². The monoisotopic (exact) mass is 703 g/mol. The van der Waals surface area contributed by atoms with Crippen molar-refractivity contribution in [3.8, 4) is 0 Å². The molecule has 2 amide bonds. The summed E-state index contributed by atoms with van der Waals surface area (Å²) in [6, 6.07) is 15.0. The van der Waals surface area contributed by atoms with E-state index >= 15 is 0 Å². The van der Waals surface area contributed by atoms with Gasteiger partial charge in [0.15, 0.2) is 11.5 Å². The van der Waals surface area contributed by atoms with Crippen LogP contribution in [0.1, 0.15) is 51.2 Å². The summed E-state index contributed by atoms with van der Waals surface area (Å²) >= 11 is 3.12. The van der Waals surface area contributed by atoms with Crippen LogP contribution in [0.3, 0.4) is 0 Å². The van der Waals surface area contributed by atoms with E-state index in [9.17, 15) is 19.2 Å². The van der Waals surface area contributed by atoms with Gasteiger partial charge in [-0.2, -0.15) is 0 Å². The minimum Gasteiger partial charge on any atom is -0.365 e. The number of nitrogens with one attached hydrogen (secondary N) is 3.